The summed E-state index contributed by atoms with van der Waals surface area (Å²) in [6, 6.07) is 7.00. The number of benzene rings is 1. The van der Waals surface area contributed by atoms with Gasteiger partial charge < -0.3 is 14.2 Å². The first-order chi connectivity index (χ1) is 12.8. The van der Waals surface area contributed by atoms with Gasteiger partial charge in [-0.1, -0.05) is 18.2 Å². The maximum absolute atomic E-state index is 13.4. The van der Waals surface area contributed by atoms with Crippen LogP contribution in [0.1, 0.15) is 26.7 Å². The molecule has 4 aliphatic heterocycles. The Hall–Kier alpha value is -1.97. The van der Waals surface area contributed by atoms with Crippen LogP contribution in [0, 0.1) is 0 Å². The molecule has 1 aromatic rings. The smallest absolute Gasteiger partial charge is 0.303 e. The zero-order chi connectivity index (χ0) is 19.3. The Kier molecular flexibility index (Phi) is 4.48. The molecule has 9 heteroatoms. The molecule has 0 spiro atoms. The van der Waals surface area contributed by atoms with E-state index in [0.29, 0.717) is 12.8 Å². The van der Waals surface area contributed by atoms with Crippen molar-refractivity contribution in [3.05, 3.63) is 30.3 Å². The van der Waals surface area contributed by atoms with E-state index in [4.69, 9.17) is 14.2 Å². The van der Waals surface area contributed by atoms with Crippen LogP contribution < -0.4 is 0 Å². The summed E-state index contributed by atoms with van der Waals surface area (Å²) in [5, 5.41) is 0. The van der Waals surface area contributed by atoms with E-state index in [9.17, 15) is 18.0 Å². The maximum Gasteiger partial charge on any atom is 0.303 e. The second kappa shape index (κ2) is 6.57. The molecule has 4 fully saturated rings. The molecule has 0 N–H and O–H groups in total. The molecule has 27 heavy (non-hydrogen) atoms. The fourth-order valence-corrected chi connectivity index (χ4v) is 6.37. The predicted octanol–water partition coefficient (Wildman–Crippen LogP) is 0.853. The summed E-state index contributed by atoms with van der Waals surface area (Å²) in [4.78, 5) is 23.3. The van der Waals surface area contributed by atoms with Crippen LogP contribution >= 0.6 is 0 Å². The minimum Gasteiger partial charge on any atom is -0.458 e. The van der Waals surface area contributed by atoms with Crippen LogP contribution in [0.4, 0.5) is 0 Å². The van der Waals surface area contributed by atoms with Crippen LogP contribution in [-0.2, 0) is 33.8 Å². The van der Waals surface area contributed by atoms with Crippen molar-refractivity contribution in [1.82, 2.24) is 4.31 Å². The van der Waals surface area contributed by atoms with Gasteiger partial charge >= 0.3 is 11.9 Å². The molecule has 4 bridgehead atoms. The molecule has 6 atom stereocenters. The normalized spacial score (nSPS) is 35.0. The Balaban J connectivity index is 1.75. The zero-order valence-electron chi connectivity index (χ0n) is 15.0. The van der Waals surface area contributed by atoms with E-state index >= 15 is 0 Å². The molecule has 0 radical (unpaired) electrons. The second-order valence-electron chi connectivity index (χ2n) is 7.12. The van der Waals surface area contributed by atoms with Crippen LogP contribution in [-0.4, -0.2) is 61.2 Å². The van der Waals surface area contributed by atoms with Gasteiger partial charge in [0.25, 0.3) is 0 Å². The van der Waals surface area contributed by atoms with Crippen molar-refractivity contribution in [2.75, 3.05) is 0 Å². The highest BCUT2D eigenvalue weighted by molar-refractivity contribution is 7.89. The van der Waals surface area contributed by atoms with Crippen LogP contribution in [0.5, 0.6) is 0 Å². The van der Waals surface area contributed by atoms with Gasteiger partial charge in [-0.2, -0.15) is 4.31 Å². The van der Waals surface area contributed by atoms with Gasteiger partial charge in [0.2, 0.25) is 10.0 Å². The fraction of sp³-hybridized carbons (Fsp3) is 0.556. The van der Waals surface area contributed by atoms with E-state index in [1.807, 2.05) is 0 Å². The van der Waals surface area contributed by atoms with Gasteiger partial charge in [0.15, 0.2) is 0 Å². The van der Waals surface area contributed by atoms with E-state index in [0.717, 1.165) is 0 Å². The number of carbonyl (C=O) groups excluding carboxylic acids is 2. The summed E-state index contributed by atoms with van der Waals surface area (Å²) >= 11 is 0. The van der Waals surface area contributed by atoms with Gasteiger partial charge in [0, 0.05) is 13.8 Å². The van der Waals surface area contributed by atoms with Crippen LogP contribution in [0.2, 0.25) is 0 Å². The lowest BCUT2D eigenvalue weighted by atomic mass is 9.76. The largest absolute Gasteiger partial charge is 0.458 e. The number of carbonyl (C=O) groups is 2. The maximum atomic E-state index is 13.4. The van der Waals surface area contributed by atoms with Crippen molar-refractivity contribution in [3.63, 3.8) is 0 Å². The van der Waals surface area contributed by atoms with Gasteiger partial charge in [-0.05, 0) is 25.0 Å². The molecule has 8 nitrogen and oxygen atoms in total. The molecule has 0 unspecified atom stereocenters. The third-order valence-corrected chi connectivity index (χ3v) is 7.33. The average Bonchev–Trinajstić information content (AvgIpc) is 2.59. The summed E-state index contributed by atoms with van der Waals surface area (Å²) in [6.45, 7) is 2.59. The van der Waals surface area contributed by atoms with E-state index < -0.39 is 58.5 Å². The molecular weight excluding hydrogens is 374 g/mol. The Morgan fingerprint density at radius 2 is 1.44 bits per heavy atom. The number of nitrogens with zero attached hydrogens (tertiary/aromatic N) is 1. The first kappa shape index (κ1) is 18.4. The number of rotatable bonds is 4. The molecule has 4 heterocycles. The minimum absolute atomic E-state index is 0.154. The van der Waals surface area contributed by atoms with Crippen molar-refractivity contribution < 1.29 is 32.2 Å². The van der Waals surface area contributed by atoms with Crippen molar-refractivity contribution in [2.24, 2.45) is 0 Å². The summed E-state index contributed by atoms with van der Waals surface area (Å²) < 4.78 is 44.9. The van der Waals surface area contributed by atoms with Gasteiger partial charge in [-0.25, -0.2) is 8.42 Å². The number of piperidine rings is 2. The number of hydrogen-bond acceptors (Lipinski definition) is 7. The second-order valence-corrected chi connectivity index (χ2v) is 8.96. The molecule has 0 aromatic heterocycles. The lowest BCUT2D eigenvalue weighted by molar-refractivity contribution is -0.265. The molecule has 0 saturated carbocycles. The topological polar surface area (TPSA) is 99.2 Å². The van der Waals surface area contributed by atoms with Gasteiger partial charge in [-0.3, -0.25) is 9.59 Å². The molecule has 146 valence electrons. The Labute approximate surface area is 157 Å². The Morgan fingerprint density at radius 3 is 1.89 bits per heavy atom. The lowest BCUT2D eigenvalue weighted by Crippen LogP contribution is -2.76. The van der Waals surface area contributed by atoms with Gasteiger partial charge in [0.1, 0.15) is 12.2 Å². The summed E-state index contributed by atoms with van der Waals surface area (Å²) in [7, 11) is -3.87. The van der Waals surface area contributed by atoms with Gasteiger partial charge in [0.05, 0.1) is 29.2 Å². The Morgan fingerprint density at radius 1 is 0.963 bits per heavy atom. The first-order valence-corrected chi connectivity index (χ1v) is 10.3. The van der Waals surface area contributed by atoms with E-state index in [2.05, 4.69) is 0 Å². The molecule has 0 amide bonds. The summed E-state index contributed by atoms with van der Waals surface area (Å²) in [6.07, 6.45) is -1.56. The average molecular weight is 395 g/mol. The van der Waals surface area contributed by atoms with Crippen LogP contribution in [0.15, 0.2) is 35.2 Å². The van der Waals surface area contributed by atoms with Crippen LogP contribution in [0.3, 0.4) is 0 Å². The van der Waals surface area contributed by atoms with E-state index in [1.165, 1.54) is 30.3 Å². The van der Waals surface area contributed by atoms with E-state index in [1.54, 1.807) is 18.2 Å². The molecule has 0 aliphatic carbocycles. The monoisotopic (exact) mass is 395 g/mol. The molecule has 4 aliphatic rings. The third kappa shape index (κ3) is 3.03. The number of ether oxygens (including phenoxy) is 3. The molecular formula is C18H21NO7S. The summed E-state index contributed by atoms with van der Waals surface area (Å²) in [5.74, 6) is -0.964. The Bertz CT molecular complexity index is 820. The predicted molar refractivity (Wildman–Crippen MR) is 92.0 cm³/mol. The minimum atomic E-state index is -3.87. The summed E-state index contributed by atoms with van der Waals surface area (Å²) in [5.41, 5.74) is 0. The number of sulfonamides is 1. The van der Waals surface area contributed by atoms with Crippen molar-refractivity contribution in [2.45, 2.75) is 68.1 Å². The van der Waals surface area contributed by atoms with E-state index in [-0.39, 0.29) is 4.90 Å². The zero-order valence-corrected chi connectivity index (χ0v) is 15.8. The molecule has 4 saturated heterocycles. The SMILES string of the molecule is CC(=O)O[C@@H]1[C@H]2C[C@H]3O[C@@H]1C[C@H]([C@H]3OC(C)=O)N2S(=O)(=O)c1ccccc1. The highest BCUT2D eigenvalue weighted by Gasteiger charge is 2.63. The van der Waals surface area contributed by atoms with Crippen molar-refractivity contribution in [1.29, 1.82) is 0 Å². The van der Waals surface area contributed by atoms with Crippen molar-refractivity contribution >= 4 is 22.0 Å². The molecule has 5 rings (SSSR count). The van der Waals surface area contributed by atoms with Crippen molar-refractivity contribution in [3.8, 4) is 0 Å². The number of esters is 2. The fourth-order valence-electron chi connectivity index (χ4n) is 4.50. The van der Waals surface area contributed by atoms with Crippen LogP contribution in [0.25, 0.3) is 0 Å². The molecule has 1 aromatic carbocycles. The number of hydrogen-bond donors (Lipinski definition) is 0. The first-order valence-electron chi connectivity index (χ1n) is 8.87. The standard InChI is InChI=1S/C18H21NO7S/c1-10(20)24-17-13-8-16-18(25-11(2)21)14(9-15(17)26-16)19(13)27(22,23)12-6-4-3-5-7-12/h3-7,13-18H,8-9H2,1-2H3/t13-,14-,15-,16-,17-,18-/m1/s1. The highest BCUT2D eigenvalue weighted by Crippen LogP contribution is 2.47. The quantitative estimate of drug-likeness (QED) is 0.697. The lowest BCUT2D eigenvalue weighted by Gasteiger charge is -2.60. The van der Waals surface area contributed by atoms with Gasteiger partial charge in [-0.15, -0.1) is 0 Å². The third-order valence-electron chi connectivity index (χ3n) is 5.36. The highest BCUT2D eigenvalue weighted by atomic mass is 32.2.